The molecule has 2 aromatic rings. The van der Waals surface area contributed by atoms with E-state index in [1.807, 2.05) is 19.1 Å². The molecule has 1 aliphatic rings. The number of fused-ring (bicyclic) bond motifs is 1. The first-order chi connectivity index (χ1) is 9.72. The standard InChI is InChI=1S/C17H18FNO/c1-12(14-3-2-4-16(18)10-14)19-11-13-5-6-17-15(9-13)7-8-20-17/h2-6,9-10,12,19H,7-8,11H2,1H3. The van der Waals surface area contributed by atoms with Crippen LogP contribution in [0.15, 0.2) is 42.5 Å². The summed E-state index contributed by atoms with van der Waals surface area (Å²) in [4.78, 5) is 0. The van der Waals surface area contributed by atoms with Gasteiger partial charge in [-0.15, -0.1) is 0 Å². The zero-order valence-electron chi connectivity index (χ0n) is 11.5. The Hall–Kier alpha value is -1.87. The molecule has 1 aliphatic heterocycles. The van der Waals surface area contributed by atoms with Gasteiger partial charge in [-0.3, -0.25) is 0 Å². The highest BCUT2D eigenvalue weighted by atomic mass is 19.1. The van der Waals surface area contributed by atoms with Gasteiger partial charge in [-0.25, -0.2) is 4.39 Å². The van der Waals surface area contributed by atoms with E-state index in [0.29, 0.717) is 0 Å². The Balaban J connectivity index is 1.64. The molecule has 0 fully saturated rings. The summed E-state index contributed by atoms with van der Waals surface area (Å²) in [5, 5.41) is 3.43. The van der Waals surface area contributed by atoms with Crippen LogP contribution in [-0.2, 0) is 13.0 Å². The minimum Gasteiger partial charge on any atom is -0.493 e. The molecule has 20 heavy (non-hydrogen) atoms. The van der Waals surface area contributed by atoms with Crippen LogP contribution < -0.4 is 10.1 Å². The van der Waals surface area contributed by atoms with Crippen molar-refractivity contribution < 1.29 is 9.13 Å². The molecule has 0 bridgehead atoms. The molecule has 0 saturated carbocycles. The number of rotatable bonds is 4. The second-order valence-electron chi connectivity index (χ2n) is 5.20. The van der Waals surface area contributed by atoms with Crippen molar-refractivity contribution in [3.05, 3.63) is 65.0 Å². The minimum absolute atomic E-state index is 0.121. The van der Waals surface area contributed by atoms with Gasteiger partial charge in [0, 0.05) is 19.0 Å². The van der Waals surface area contributed by atoms with Crippen LogP contribution in [0, 0.1) is 5.82 Å². The van der Waals surface area contributed by atoms with Crippen molar-refractivity contribution in [3.63, 3.8) is 0 Å². The minimum atomic E-state index is -0.189. The van der Waals surface area contributed by atoms with Crippen LogP contribution in [0.25, 0.3) is 0 Å². The smallest absolute Gasteiger partial charge is 0.123 e. The summed E-state index contributed by atoms with van der Waals surface area (Å²) in [6.07, 6.45) is 0.989. The number of benzene rings is 2. The molecule has 1 unspecified atom stereocenters. The van der Waals surface area contributed by atoms with Crippen LogP contribution in [0.4, 0.5) is 4.39 Å². The average molecular weight is 271 g/mol. The van der Waals surface area contributed by atoms with E-state index >= 15 is 0 Å². The molecule has 0 radical (unpaired) electrons. The zero-order valence-corrected chi connectivity index (χ0v) is 11.5. The Kier molecular flexibility index (Phi) is 3.70. The van der Waals surface area contributed by atoms with E-state index in [1.165, 1.54) is 17.2 Å². The summed E-state index contributed by atoms with van der Waals surface area (Å²) in [6.45, 7) is 3.60. The Bertz CT molecular complexity index is 612. The van der Waals surface area contributed by atoms with E-state index in [9.17, 15) is 4.39 Å². The zero-order chi connectivity index (χ0) is 13.9. The third kappa shape index (κ3) is 2.83. The first-order valence-electron chi connectivity index (χ1n) is 6.96. The van der Waals surface area contributed by atoms with Gasteiger partial charge in [0.05, 0.1) is 6.61 Å². The largest absolute Gasteiger partial charge is 0.493 e. The highest BCUT2D eigenvalue weighted by molar-refractivity contribution is 5.39. The fraction of sp³-hybridized carbons (Fsp3) is 0.294. The van der Waals surface area contributed by atoms with E-state index < -0.39 is 0 Å². The van der Waals surface area contributed by atoms with Crippen LogP contribution in [0.1, 0.15) is 29.7 Å². The second kappa shape index (κ2) is 5.63. The van der Waals surface area contributed by atoms with Gasteiger partial charge >= 0.3 is 0 Å². The lowest BCUT2D eigenvalue weighted by Crippen LogP contribution is -2.18. The first-order valence-corrected chi connectivity index (χ1v) is 6.96. The quantitative estimate of drug-likeness (QED) is 0.917. The molecule has 0 amide bonds. The topological polar surface area (TPSA) is 21.3 Å². The molecule has 0 spiro atoms. The van der Waals surface area contributed by atoms with Gasteiger partial charge in [0.25, 0.3) is 0 Å². The lowest BCUT2D eigenvalue weighted by Gasteiger charge is -2.14. The summed E-state index contributed by atoms with van der Waals surface area (Å²) in [5.41, 5.74) is 3.48. The van der Waals surface area contributed by atoms with Crippen molar-refractivity contribution in [1.29, 1.82) is 0 Å². The highest BCUT2D eigenvalue weighted by Crippen LogP contribution is 2.26. The number of hydrogen-bond acceptors (Lipinski definition) is 2. The van der Waals surface area contributed by atoms with Gasteiger partial charge in [-0.1, -0.05) is 24.3 Å². The Labute approximate surface area is 118 Å². The summed E-state index contributed by atoms with van der Waals surface area (Å²) < 4.78 is 18.7. The third-order valence-electron chi connectivity index (χ3n) is 3.71. The van der Waals surface area contributed by atoms with Crippen LogP contribution in [0.5, 0.6) is 5.75 Å². The predicted octanol–water partition coefficient (Wildman–Crippen LogP) is 3.61. The van der Waals surface area contributed by atoms with Gasteiger partial charge in [-0.05, 0) is 41.8 Å². The molecule has 1 N–H and O–H groups in total. The van der Waals surface area contributed by atoms with Crippen molar-refractivity contribution in [2.24, 2.45) is 0 Å². The fourth-order valence-electron chi connectivity index (χ4n) is 2.51. The second-order valence-corrected chi connectivity index (χ2v) is 5.20. The Morgan fingerprint density at radius 3 is 3.00 bits per heavy atom. The van der Waals surface area contributed by atoms with Gasteiger partial charge in [0.15, 0.2) is 0 Å². The molecule has 1 heterocycles. The maximum Gasteiger partial charge on any atom is 0.123 e. The monoisotopic (exact) mass is 271 g/mol. The van der Waals surface area contributed by atoms with Gasteiger partial charge in [0.1, 0.15) is 11.6 Å². The number of halogens is 1. The van der Waals surface area contributed by atoms with Crippen molar-refractivity contribution >= 4 is 0 Å². The molecule has 2 nitrogen and oxygen atoms in total. The number of ether oxygens (including phenoxy) is 1. The first kappa shape index (κ1) is 13.1. The molecule has 3 rings (SSSR count). The van der Waals surface area contributed by atoms with Crippen molar-refractivity contribution in [3.8, 4) is 5.75 Å². The molecular weight excluding hydrogens is 253 g/mol. The maximum atomic E-state index is 13.2. The fourth-order valence-corrected chi connectivity index (χ4v) is 2.51. The Morgan fingerprint density at radius 2 is 2.15 bits per heavy atom. The van der Waals surface area contributed by atoms with Crippen LogP contribution in [-0.4, -0.2) is 6.61 Å². The van der Waals surface area contributed by atoms with Gasteiger partial charge < -0.3 is 10.1 Å². The SMILES string of the molecule is CC(NCc1ccc2c(c1)CCO2)c1cccc(F)c1. The van der Waals surface area contributed by atoms with E-state index in [4.69, 9.17) is 4.74 Å². The van der Waals surface area contributed by atoms with E-state index in [1.54, 1.807) is 12.1 Å². The molecule has 0 saturated heterocycles. The summed E-state index contributed by atoms with van der Waals surface area (Å²) in [7, 11) is 0. The van der Waals surface area contributed by atoms with Crippen molar-refractivity contribution in [2.75, 3.05) is 6.61 Å². The molecule has 0 aromatic heterocycles. The number of hydrogen-bond donors (Lipinski definition) is 1. The summed E-state index contributed by atoms with van der Waals surface area (Å²) >= 11 is 0. The lowest BCUT2D eigenvalue weighted by atomic mass is 10.1. The average Bonchev–Trinajstić information content (AvgIpc) is 2.92. The Morgan fingerprint density at radius 1 is 1.25 bits per heavy atom. The maximum absolute atomic E-state index is 13.2. The molecule has 1 atom stereocenters. The van der Waals surface area contributed by atoms with E-state index in [0.717, 1.165) is 30.9 Å². The number of nitrogens with one attached hydrogen (secondary N) is 1. The van der Waals surface area contributed by atoms with Crippen LogP contribution in [0.2, 0.25) is 0 Å². The third-order valence-corrected chi connectivity index (χ3v) is 3.71. The van der Waals surface area contributed by atoms with E-state index in [2.05, 4.69) is 17.4 Å². The molecule has 2 aromatic carbocycles. The highest BCUT2D eigenvalue weighted by Gasteiger charge is 2.12. The molecule has 104 valence electrons. The molecular formula is C17H18FNO. The van der Waals surface area contributed by atoms with Gasteiger partial charge in [-0.2, -0.15) is 0 Å². The molecule has 3 heteroatoms. The van der Waals surface area contributed by atoms with Crippen molar-refractivity contribution in [1.82, 2.24) is 5.32 Å². The summed E-state index contributed by atoms with van der Waals surface area (Å²) in [6, 6.07) is 13.2. The van der Waals surface area contributed by atoms with Crippen molar-refractivity contribution in [2.45, 2.75) is 25.9 Å². The van der Waals surface area contributed by atoms with Crippen LogP contribution in [0.3, 0.4) is 0 Å². The van der Waals surface area contributed by atoms with Gasteiger partial charge in [0.2, 0.25) is 0 Å². The van der Waals surface area contributed by atoms with Crippen LogP contribution >= 0.6 is 0 Å². The predicted molar refractivity (Wildman–Crippen MR) is 77.3 cm³/mol. The normalized spacial score (nSPS) is 14.7. The summed E-state index contributed by atoms with van der Waals surface area (Å²) in [5.74, 6) is 0.817. The molecule has 0 aliphatic carbocycles. The lowest BCUT2D eigenvalue weighted by molar-refractivity contribution is 0.357. The van der Waals surface area contributed by atoms with E-state index in [-0.39, 0.29) is 11.9 Å².